The summed E-state index contributed by atoms with van der Waals surface area (Å²) in [6, 6.07) is 7.49. The minimum Gasteiger partial charge on any atom is -0.377 e. The minimum absolute atomic E-state index is 0.000584. The van der Waals surface area contributed by atoms with Gasteiger partial charge in [0.05, 0.1) is 17.4 Å². The zero-order chi connectivity index (χ0) is 15.4. The number of hydrogen-bond donors (Lipinski definition) is 1. The molecule has 21 heavy (non-hydrogen) atoms. The molecule has 0 saturated heterocycles. The predicted octanol–water partition coefficient (Wildman–Crippen LogP) is 2.66. The van der Waals surface area contributed by atoms with Gasteiger partial charge in [0.1, 0.15) is 0 Å². The summed E-state index contributed by atoms with van der Waals surface area (Å²) >= 11 is 0. The number of carbonyl (C=O) groups excluding carboxylic acids is 1. The van der Waals surface area contributed by atoms with Crippen molar-refractivity contribution >= 4 is 11.6 Å². The molecule has 0 fully saturated rings. The van der Waals surface area contributed by atoms with Crippen molar-refractivity contribution in [2.24, 2.45) is 0 Å². The molecule has 0 radical (unpaired) electrons. The average molecular weight is 284 g/mol. The molecular formula is C16H20N4O. The number of carbonyl (C=O) groups is 1. The Kier molecular flexibility index (Phi) is 4.52. The van der Waals surface area contributed by atoms with E-state index >= 15 is 0 Å². The number of rotatable bonds is 4. The molecule has 0 bridgehead atoms. The van der Waals surface area contributed by atoms with Crippen LogP contribution in [0.5, 0.6) is 0 Å². The van der Waals surface area contributed by atoms with Crippen LogP contribution in [-0.2, 0) is 0 Å². The summed E-state index contributed by atoms with van der Waals surface area (Å²) < 4.78 is 0. The van der Waals surface area contributed by atoms with Crippen LogP contribution in [0, 0.1) is 6.92 Å². The molecule has 0 aliphatic heterocycles. The second kappa shape index (κ2) is 6.35. The van der Waals surface area contributed by atoms with Gasteiger partial charge in [-0.1, -0.05) is 0 Å². The van der Waals surface area contributed by atoms with Crippen LogP contribution in [0.3, 0.4) is 0 Å². The highest BCUT2D eigenvalue weighted by atomic mass is 16.2. The van der Waals surface area contributed by atoms with Crippen molar-refractivity contribution in [1.29, 1.82) is 0 Å². The summed E-state index contributed by atoms with van der Waals surface area (Å²) in [5.41, 5.74) is 3.46. The summed E-state index contributed by atoms with van der Waals surface area (Å²) in [4.78, 5) is 22.0. The highest BCUT2D eigenvalue weighted by Crippen LogP contribution is 2.19. The van der Waals surface area contributed by atoms with Crippen molar-refractivity contribution < 1.29 is 4.79 Å². The van der Waals surface area contributed by atoms with Crippen LogP contribution in [0.15, 0.2) is 36.7 Å². The van der Waals surface area contributed by atoms with Gasteiger partial charge in [-0.05, 0) is 38.1 Å². The Bertz CT molecular complexity index is 622. The average Bonchev–Trinajstić information content (AvgIpc) is 2.47. The molecular weight excluding hydrogens is 264 g/mol. The number of nitrogens with zero attached hydrogens (tertiary/aromatic N) is 3. The quantitative estimate of drug-likeness (QED) is 0.937. The highest BCUT2D eigenvalue weighted by molar-refractivity contribution is 5.94. The molecule has 1 amide bonds. The van der Waals surface area contributed by atoms with Gasteiger partial charge < -0.3 is 10.2 Å². The van der Waals surface area contributed by atoms with E-state index in [0.717, 1.165) is 17.1 Å². The van der Waals surface area contributed by atoms with Gasteiger partial charge in [-0.25, -0.2) is 0 Å². The Labute approximate surface area is 125 Å². The molecule has 110 valence electrons. The van der Waals surface area contributed by atoms with E-state index < -0.39 is 0 Å². The van der Waals surface area contributed by atoms with Crippen molar-refractivity contribution in [3.05, 3.63) is 53.6 Å². The van der Waals surface area contributed by atoms with Gasteiger partial charge in [-0.3, -0.25) is 14.8 Å². The van der Waals surface area contributed by atoms with Gasteiger partial charge in [-0.15, -0.1) is 0 Å². The van der Waals surface area contributed by atoms with Crippen LogP contribution in [0.2, 0.25) is 0 Å². The van der Waals surface area contributed by atoms with Crippen LogP contribution in [0.1, 0.15) is 34.7 Å². The third kappa shape index (κ3) is 3.56. The van der Waals surface area contributed by atoms with Crippen molar-refractivity contribution in [1.82, 2.24) is 14.9 Å². The van der Waals surface area contributed by atoms with Crippen molar-refractivity contribution in [3.63, 3.8) is 0 Å². The molecule has 0 aliphatic carbocycles. The van der Waals surface area contributed by atoms with Crippen molar-refractivity contribution in [2.75, 3.05) is 19.4 Å². The Morgan fingerprint density at radius 1 is 1.14 bits per heavy atom. The first kappa shape index (κ1) is 15.0. The lowest BCUT2D eigenvalue weighted by Crippen LogP contribution is -2.21. The van der Waals surface area contributed by atoms with Gasteiger partial charge in [0.25, 0.3) is 5.91 Å². The Hall–Kier alpha value is -2.43. The molecule has 0 spiro atoms. The van der Waals surface area contributed by atoms with E-state index in [9.17, 15) is 4.79 Å². The first-order valence-electron chi connectivity index (χ1n) is 6.85. The summed E-state index contributed by atoms with van der Waals surface area (Å²) in [5.74, 6) is -0.000584. The van der Waals surface area contributed by atoms with Gasteiger partial charge in [0, 0.05) is 37.7 Å². The maximum absolute atomic E-state index is 11.8. The molecule has 1 aromatic heterocycles. The number of aryl methyl sites for hydroxylation is 1. The largest absolute Gasteiger partial charge is 0.377 e. The molecule has 2 rings (SSSR count). The van der Waals surface area contributed by atoms with Crippen LogP contribution in [0.25, 0.3) is 0 Å². The van der Waals surface area contributed by atoms with E-state index in [2.05, 4.69) is 15.3 Å². The minimum atomic E-state index is -0.000584. The summed E-state index contributed by atoms with van der Waals surface area (Å²) in [6.07, 6.45) is 3.38. The monoisotopic (exact) mass is 284 g/mol. The molecule has 1 atom stereocenters. The summed E-state index contributed by atoms with van der Waals surface area (Å²) in [6.45, 7) is 3.98. The number of nitrogens with one attached hydrogen (secondary N) is 1. The van der Waals surface area contributed by atoms with Crippen LogP contribution in [0.4, 0.5) is 5.69 Å². The van der Waals surface area contributed by atoms with Crippen LogP contribution < -0.4 is 5.32 Å². The molecule has 1 aromatic carbocycles. The predicted molar refractivity (Wildman–Crippen MR) is 83.3 cm³/mol. The van der Waals surface area contributed by atoms with Gasteiger partial charge in [0.2, 0.25) is 0 Å². The molecule has 1 N–H and O–H groups in total. The fourth-order valence-corrected chi connectivity index (χ4v) is 2.13. The van der Waals surface area contributed by atoms with Crippen LogP contribution in [-0.4, -0.2) is 34.9 Å². The lowest BCUT2D eigenvalue weighted by atomic mass is 10.1. The van der Waals surface area contributed by atoms with E-state index in [1.54, 1.807) is 31.4 Å². The fourth-order valence-electron chi connectivity index (χ4n) is 2.13. The zero-order valence-corrected chi connectivity index (χ0v) is 12.8. The summed E-state index contributed by atoms with van der Waals surface area (Å²) in [5, 5.41) is 3.37. The standard InChI is InChI=1S/C16H20N4O/c1-11-15(18-10-9-17-11)12(2)19-14-7-5-13(6-8-14)16(21)20(3)4/h5-10,12,19H,1-4H3. The second-order valence-corrected chi connectivity index (χ2v) is 5.17. The lowest BCUT2D eigenvalue weighted by molar-refractivity contribution is 0.0827. The maximum Gasteiger partial charge on any atom is 0.253 e. The Morgan fingerprint density at radius 2 is 1.76 bits per heavy atom. The number of aromatic nitrogens is 2. The Balaban J connectivity index is 2.10. The molecule has 0 aliphatic rings. The highest BCUT2D eigenvalue weighted by Gasteiger charge is 2.11. The first-order valence-corrected chi connectivity index (χ1v) is 6.85. The molecule has 1 unspecified atom stereocenters. The number of benzene rings is 1. The van der Waals surface area contributed by atoms with E-state index in [4.69, 9.17) is 0 Å². The third-order valence-corrected chi connectivity index (χ3v) is 3.25. The maximum atomic E-state index is 11.8. The first-order chi connectivity index (χ1) is 9.99. The van der Waals surface area contributed by atoms with Gasteiger partial charge >= 0.3 is 0 Å². The SMILES string of the molecule is Cc1nccnc1C(C)Nc1ccc(C(=O)N(C)C)cc1. The summed E-state index contributed by atoms with van der Waals surface area (Å²) in [7, 11) is 3.49. The molecule has 5 heteroatoms. The van der Waals surface area contributed by atoms with Crippen molar-refractivity contribution in [3.8, 4) is 0 Å². The van der Waals surface area contributed by atoms with Gasteiger partial charge in [-0.2, -0.15) is 0 Å². The smallest absolute Gasteiger partial charge is 0.253 e. The van der Waals surface area contributed by atoms with Crippen molar-refractivity contribution in [2.45, 2.75) is 19.9 Å². The Morgan fingerprint density at radius 3 is 2.33 bits per heavy atom. The van der Waals surface area contributed by atoms with E-state index in [0.29, 0.717) is 5.56 Å². The number of amides is 1. The molecule has 2 aromatic rings. The molecule has 1 heterocycles. The zero-order valence-electron chi connectivity index (χ0n) is 12.8. The lowest BCUT2D eigenvalue weighted by Gasteiger charge is -2.16. The topological polar surface area (TPSA) is 58.1 Å². The third-order valence-electron chi connectivity index (χ3n) is 3.25. The van der Waals surface area contributed by atoms with Crippen LogP contribution >= 0.6 is 0 Å². The number of anilines is 1. The fraction of sp³-hybridized carbons (Fsp3) is 0.312. The number of hydrogen-bond acceptors (Lipinski definition) is 4. The van der Waals surface area contributed by atoms with Gasteiger partial charge in [0.15, 0.2) is 0 Å². The second-order valence-electron chi connectivity index (χ2n) is 5.17. The molecule has 0 saturated carbocycles. The van der Waals surface area contributed by atoms with E-state index in [1.165, 1.54) is 0 Å². The normalized spacial score (nSPS) is 11.8. The van der Waals surface area contributed by atoms with E-state index in [-0.39, 0.29) is 11.9 Å². The van der Waals surface area contributed by atoms with E-state index in [1.807, 2.05) is 38.1 Å². The molecule has 5 nitrogen and oxygen atoms in total.